The highest BCUT2D eigenvalue weighted by Crippen LogP contribution is 2.18. The molecule has 1 rings (SSSR count). The summed E-state index contributed by atoms with van der Waals surface area (Å²) in [6.45, 7) is 3.04. The van der Waals surface area contributed by atoms with Crippen LogP contribution in [0.4, 0.5) is 5.82 Å². The Morgan fingerprint density at radius 1 is 1.65 bits per heavy atom. The maximum Gasteiger partial charge on any atom is 0.335 e. The van der Waals surface area contributed by atoms with Crippen molar-refractivity contribution in [3.05, 3.63) is 22.8 Å². The number of nitriles is 1. The SMILES string of the molecule is CCN(CCC#N)c1cc(C(=O)O)cc(Cl)n1. The fourth-order valence-corrected chi connectivity index (χ4v) is 1.59. The molecule has 0 aliphatic carbocycles. The van der Waals surface area contributed by atoms with Gasteiger partial charge in [0.1, 0.15) is 11.0 Å². The number of aromatic carboxylic acids is 1. The number of nitrogens with zero attached hydrogens (tertiary/aromatic N) is 3. The third-order valence-electron chi connectivity index (χ3n) is 2.23. The highest BCUT2D eigenvalue weighted by Gasteiger charge is 2.11. The first-order valence-electron chi connectivity index (χ1n) is 5.11. The summed E-state index contributed by atoms with van der Waals surface area (Å²) in [7, 11) is 0. The zero-order valence-corrected chi connectivity index (χ0v) is 10.1. The lowest BCUT2D eigenvalue weighted by atomic mass is 10.2. The van der Waals surface area contributed by atoms with Gasteiger partial charge in [0.25, 0.3) is 0 Å². The number of pyridine rings is 1. The Morgan fingerprint density at radius 2 is 2.35 bits per heavy atom. The zero-order valence-electron chi connectivity index (χ0n) is 9.35. The first kappa shape index (κ1) is 13.3. The molecule has 1 aromatic heterocycles. The van der Waals surface area contributed by atoms with Crippen LogP contribution in [0.15, 0.2) is 12.1 Å². The number of anilines is 1. The molecule has 0 aliphatic rings. The van der Waals surface area contributed by atoms with Gasteiger partial charge >= 0.3 is 5.97 Å². The van der Waals surface area contributed by atoms with Gasteiger partial charge in [-0.15, -0.1) is 0 Å². The van der Waals surface area contributed by atoms with Crippen molar-refractivity contribution in [2.45, 2.75) is 13.3 Å². The molecule has 1 aromatic rings. The van der Waals surface area contributed by atoms with Gasteiger partial charge in [0, 0.05) is 13.1 Å². The monoisotopic (exact) mass is 253 g/mol. The Kier molecular flexibility index (Phi) is 4.73. The first-order chi connectivity index (χ1) is 8.08. The Bertz CT molecular complexity index is 457. The largest absolute Gasteiger partial charge is 0.478 e. The number of halogens is 1. The summed E-state index contributed by atoms with van der Waals surface area (Å²) in [5, 5.41) is 17.6. The van der Waals surface area contributed by atoms with E-state index in [2.05, 4.69) is 4.98 Å². The molecule has 0 atom stereocenters. The number of aromatic nitrogens is 1. The molecule has 0 aromatic carbocycles. The van der Waals surface area contributed by atoms with Crippen LogP contribution in [0.5, 0.6) is 0 Å². The lowest BCUT2D eigenvalue weighted by Gasteiger charge is -2.20. The van der Waals surface area contributed by atoms with Gasteiger partial charge in [0.2, 0.25) is 0 Å². The molecule has 90 valence electrons. The van der Waals surface area contributed by atoms with Crippen molar-refractivity contribution in [1.29, 1.82) is 5.26 Å². The van der Waals surface area contributed by atoms with E-state index in [4.69, 9.17) is 22.0 Å². The van der Waals surface area contributed by atoms with Crippen molar-refractivity contribution < 1.29 is 9.90 Å². The molecular weight excluding hydrogens is 242 g/mol. The molecule has 0 aliphatic heterocycles. The van der Waals surface area contributed by atoms with Gasteiger partial charge in [-0.25, -0.2) is 9.78 Å². The van der Waals surface area contributed by atoms with E-state index in [1.165, 1.54) is 12.1 Å². The van der Waals surface area contributed by atoms with Crippen molar-refractivity contribution in [1.82, 2.24) is 4.98 Å². The highest BCUT2D eigenvalue weighted by molar-refractivity contribution is 6.29. The quantitative estimate of drug-likeness (QED) is 0.814. The van der Waals surface area contributed by atoms with Gasteiger partial charge in [-0.3, -0.25) is 0 Å². The second kappa shape index (κ2) is 6.06. The summed E-state index contributed by atoms with van der Waals surface area (Å²) in [4.78, 5) is 16.7. The minimum absolute atomic E-state index is 0.0930. The van der Waals surface area contributed by atoms with E-state index in [0.29, 0.717) is 25.3 Å². The summed E-state index contributed by atoms with van der Waals surface area (Å²) in [6.07, 6.45) is 0.352. The molecule has 0 saturated heterocycles. The van der Waals surface area contributed by atoms with Crippen molar-refractivity contribution in [3.63, 3.8) is 0 Å². The predicted octanol–water partition coefficient (Wildman–Crippen LogP) is 2.17. The number of carbonyl (C=O) groups is 1. The molecule has 0 unspecified atom stereocenters. The Balaban J connectivity index is 3.03. The molecule has 0 radical (unpaired) electrons. The first-order valence-corrected chi connectivity index (χ1v) is 5.49. The minimum atomic E-state index is -1.05. The van der Waals surface area contributed by atoms with Gasteiger partial charge < -0.3 is 10.0 Å². The molecule has 0 spiro atoms. The number of hydrogen-bond acceptors (Lipinski definition) is 4. The Hall–Kier alpha value is -1.80. The van der Waals surface area contributed by atoms with Crippen LogP contribution in [0.2, 0.25) is 5.15 Å². The second-order valence-electron chi connectivity index (χ2n) is 3.33. The molecule has 5 nitrogen and oxygen atoms in total. The van der Waals surface area contributed by atoms with Crippen LogP contribution < -0.4 is 4.90 Å². The highest BCUT2D eigenvalue weighted by atomic mass is 35.5. The van der Waals surface area contributed by atoms with Crippen LogP contribution in [0.25, 0.3) is 0 Å². The minimum Gasteiger partial charge on any atom is -0.478 e. The number of carboxylic acid groups (broad SMARTS) is 1. The van der Waals surface area contributed by atoms with Gasteiger partial charge in [0.15, 0.2) is 0 Å². The number of hydrogen-bond donors (Lipinski definition) is 1. The van der Waals surface area contributed by atoms with E-state index >= 15 is 0 Å². The molecule has 17 heavy (non-hydrogen) atoms. The van der Waals surface area contributed by atoms with E-state index in [9.17, 15) is 4.79 Å². The molecule has 0 saturated carbocycles. The molecule has 0 bridgehead atoms. The summed E-state index contributed by atoms with van der Waals surface area (Å²) >= 11 is 5.76. The normalized spacial score (nSPS) is 9.71. The van der Waals surface area contributed by atoms with Gasteiger partial charge in [-0.1, -0.05) is 11.6 Å². The predicted molar refractivity (Wildman–Crippen MR) is 64.3 cm³/mol. The second-order valence-corrected chi connectivity index (χ2v) is 3.72. The maximum atomic E-state index is 10.9. The molecule has 1 heterocycles. The van der Waals surface area contributed by atoms with E-state index < -0.39 is 5.97 Å². The lowest BCUT2D eigenvalue weighted by molar-refractivity contribution is 0.0697. The van der Waals surface area contributed by atoms with Gasteiger partial charge in [0.05, 0.1) is 18.1 Å². The average Bonchev–Trinajstić information content (AvgIpc) is 2.29. The molecule has 0 fully saturated rings. The summed E-state index contributed by atoms with van der Waals surface area (Å²) in [5.74, 6) is -0.570. The summed E-state index contributed by atoms with van der Waals surface area (Å²) in [5.41, 5.74) is 0.0930. The molecule has 0 amide bonds. The molecule has 6 heteroatoms. The van der Waals surface area contributed by atoms with E-state index in [-0.39, 0.29) is 10.7 Å². The average molecular weight is 254 g/mol. The summed E-state index contributed by atoms with van der Waals surface area (Å²) in [6, 6.07) is 4.79. The fraction of sp³-hybridized carbons (Fsp3) is 0.364. The topological polar surface area (TPSA) is 77.2 Å². The van der Waals surface area contributed by atoms with Crippen LogP contribution >= 0.6 is 11.6 Å². The van der Waals surface area contributed by atoms with Crippen LogP contribution in [-0.2, 0) is 0 Å². The van der Waals surface area contributed by atoms with Crippen LogP contribution in [0, 0.1) is 11.3 Å². The van der Waals surface area contributed by atoms with Crippen molar-refractivity contribution in [3.8, 4) is 6.07 Å². The number of carboxylic acids is 1. The van der Waals surface area contributed by atoms with Crippen molar-refractivity contribution in [2.24, 2.45) is 0 Å². The maximum absolute atomic E-state index is 10.9. The third kappa shape index (κ3) is 3.61. The molecule has 1 N–H and O–H groups in total. The van der Waals surface area contributed by atoms with Gasteiger partial charge in [-0.05, 0) is 19.1 Å². The fourth-order valence-electron chi connectivity index (χ4n) is 1.39. The van der Waals surface area contributed by atoms with Gasteiger partial charge in [-0.2, -0.15) is 5.26 Å². The standard InChI is InChI=1S/C11H12ClN3O2/c1-2-15(5-3-4-13)10-7-8(11(16)17)6-9(12)14-10/h6-7H,2-3,5H2,1H3,(H,16,17). The zero-order chi connectivity index (χ0) is 12.8. The summed E-state index contributed by atoms with van der Waals surface area (Å²) < 4.78 is 0. The van der Waals surface area contributed by atoms with Crippen LogP contribution in [-0.4, -0.2) is 29.1 Å². The van der Waals surface area contributed by atoms with E-state index in [0.717, 1.165) is 0 Å². The Labute approximate surface area is 104 Å². The van der Waals surface area contributed by atoms with E-state index in [1.54, 1.807) is 0 Å². The van der Waals surface area contributed by atoms with Crippen molar-refractivity contribution in [2.75, 3.05) is 18.0 Å². The Morgan fingerprint density at radius 3 is 2.88 bits per heavy atom. The van der Waals surface area contributed by atoms with E-state index in [1.807, 2.05) is 17.9 Å². The van der Waals surface area contributed by atoms with Crippen LogP contribution in [0.1, 0.15) is 23.7 Å². The van der Waals surface area contributed by atoms with Crippen LogP contribution in [0.3, 0.4) is 0 Å². The smallest absolute Gasteiger partial charge is 0.335 e. The number of rotatable bonds is 5. The third-order valence-corrected chi connectivity index (χ3v) is 2.42. The van der Waals surface area contributed by atoms with Crippen molar-refractivity contribution >= 4 is 23.4 Å². The molecular formula is C11H12ClN3O2. The lowest BCUT2D eigenvalue weighted by Crippen LogP contribution is -2.25.